The van der Waals surface area contributed by atoms with Crippen LogP contribution in [0.25, 0.3) is 5.65 Å². The van der Waals surface area contributed by atoms with Gasteiger partial charge in [0.1, 0.15) is 5.65 Å². The van der Waals surface area contributed by atoms with E-state index >= 15 is 0 Å². The van der Waals surface area contributed by atoms with Crippen molar-refractivity contribution >= 4 is 28.8 Å². The van der Waals surface area contributed by atoms with Gasteiger partial charge in [-0.15, -0.1) is 10.2 Å². The second-order valence-electron chi connectivity index (χ2n) is 6.83. The first-order chi connectivity index (χ1) is 11.4. The molecular weight excluding hydrogens is 320 g/mol. The van der Waals surface area contributed by atoms with Crippen molar-refractivity contribution in [1.29, 1.82) is 0 Å². The molecule has 1 aromatic carbocycles. The molecule has 2 aromatic heterocycles. The van der Waals surface area contributed by atoms with Gasteiger partial charge < -0.3 is 0 Å². The van der Waals surface area contributed by atoms with Gasteiger partial charge in [0.15, 0.2) is 5.82 Å². The summed E-state index contributed by atoms with van der Waals surface area (Å²) in [7, 11) is 0. The first kappa shape index (κ1) is 16.7. The fourth-order valence-corrected chi connectivity index (χ4v) is 2.67. The molecule has 0 aliphatic rings. The zero-order valence-corrected chi connectivity index (χ0v) is 15.2. The van der Waals surface area contributed by atoms with Crippen LogP contribution in [0.2, 0.25) is 5.02 Å². The summed E-state index contributed by atoms with van der Waals surface area (Å²) in [6.07, 6.45) is 2.84. The van der Waals surface area contributed by atoms with Crippen LogP contribution in [0.1, 0.15) is 39.0 Å². The number of nitrogens with zero attached hydrogens (tertiary/aromatic N) is 4. The number of aromatic nitrogens is 2. The molecule has 0 saturated carbocycles. The average Bonchev–Trinajstić information content (AvgIpc) is 2.91. The number of aryl methyl sites for hydroxylation is 1. The minimum atomic E-state index is -0.140. The lowest BCUT2D eigenvalue weighted by molar-refractivity contribution is 0.574. The molecule has 0 saturated heterocycles. The maximum Gasteiger partial charge on any atom is 0.183 e. The summed E-state index contributed by atoms with van der Waals surface area (Å²) in [6.45, 7) is 8.48. The molecule has 2 heterocycles. The topological polar surface area (TPSA) is 42.0 Å². The van der Waals surface area contributed by atoms with Gasteiger partial charge in [-0.1, -0.05) is 51.4 Å². The van der Waals surface area contributed by atoms with Gasteiger partial charge >= 0.3 is 0 Å². The number of rotatable bonds is 3. The largest absolute Gasteiger partial charge is 0.281 e. The third kappa shape index (κ3) is 3.34. The van der Waals surface area contributed by atoms with Gasteiger partial charge in [-0.3, -0.25) is 4.40 Å². The van der Waals surface area contributed by atoms with E-state index in [9.17, 15) is 0 Å². The lowest BCUT2D eigenvalue weighted by atomic mass is 9.92. The summed E-state index contributed by atoms with van der Waals surface area (Å²) in [5, 5.41) is 9.54. The lowest BCUT2D eigenvalue weighted by Gasteiger charge is -2.15. The van der Waals surface area contributed by atoms with Crippen LogP contribution in [-0.4, -0.2) is 9.38 Å². The lowest BCUT2D eigenvalue weighted by Crippen LogP contribution is -2.11. The van der Waals surface area contributed by atoms with E-state index in [1.165, 1.54) is 5.56 Å². The number of pyridine rings is 1. The van der Waals surface area contributed by atoms with Gasteiger partial charge in [0.05, 0.1) is 16.4 Å². The SMILES string of the molecule is CCc1ccc(N=Nc2c(C(C)(C)C)nc3ccc(Cl)cn23)cc1. The van der Waals surface area contributed by atoms with Crippen molar-refractivity contribution in [3.8, 4) is 0 Å². The third-order valence-electron chi connectivity index (χ3n) is 3.87. The van der Waals surface area contributed by atoms with Gasteiger partial charge in [0, 0.05) is 11.6 Å². The number of fused-ring (bicyclic) bond motifs is 1. The highest BCUT2D eigenvalue weighted by molar-refractivity contribution is 6.30. The third-order valence-corrected chi connectivity index (χ3v) is 4.10. The minimum Gasteiger partial charge on any atom is -0.281 e. The molecule has 0 atom stereocenters. The highest BCUT2D eigenvalue weighted by Crippen LogP contribution is 2.33. The number of halogens is 1. The Morgan fingerprint density at radius 3 is 2.38 bits per heavy atom. The number of hydrogen-bond acceptors (Lipinski definition) is 3. The molecule has 0 aliphatic heterocycles. The van der Waals surface area contributed by atoms with Crippen molar-refractivity contribution in [2.75, 3.05) is 0 Å². The molecule has 5 heteroatoms. The average molecular weight is 341 g/mol. The van der Waals surface area contributed by atoms with Gasteiger partial charge in [0.25, 0.3) is 0 Å². The molecule has 3 rings (SSSR count). The van der Waals surface area contributed by atoms with Crippen LogP contribution < -0.4 is 0 Å². The number of hydrogen-bond donors (Lipinski definition) is 0. The summed E-state index contributed by atoms with van der Waals surface area (Å²) in [5.74, 6) is 0.722. The first-order valence-electron chi connectivity index (χ1n) is 8.07. The van der Waals surface area contributed by atoms with Gasteiger partial charge in [-0.25, -0.2) is 4.98 Å². The van der Waals surface area contributed by atoms with Crippen molar-refractivity contribution in [2.45, 2.75) is 39.5 Å². The Bertz CT molecular complexity index is 886. The van der Waals surface area contributed by atoms with Crippen LogP contribution in [0.5, 0.6) is 0 Å². The van der Waals surface area contributed by atoms with E-state index in [-0.39, 0.29) is 5.41 Å². The maximum absolute atomic E-state index is 6.14. The van der Waals surface area contributed by atoms with Crippen LogP contribution in [0, 0.1) is 0 Å². The molecule has 0 amide bonds. The van der Waals surface area contributed by atoms with Crippen LogP contribution in [0.3, 0.4) is 0 Å². The minimum absolute atomic E-state index is 0.140. The number of benzene rings is 1. The summed E-state index contributed by atoms with van der Waals surface area (Å²) in [6, 6.07) is 11.8. The van der Waals surface area contributed by atoms with E-state index in [1.807, 2.05) is 34.9 Å². The van der Waals surface area contributed by atoms with E-state index in [0.29, 0.717) is 5.02 Å². The maximum atomic E-state index is 6.14. The Kier molecular flexibility index (Phi) is 4.41. The van der Waals surface area contributed by atoms with Crippen molar-refractivity contribution in [3.63, 3.8) is 0 Å². The quantitative estimate of drug-likeness (QED) is 0.518. The monoisotopic (exact) mass is 340 g/mol. The second kappa shape index (κ2) is 6.36. The Balaban J connectivity index is 2.09. The van der Waals surface area contributed by atoms with E-state index in [1.54, 1.807) is 0 Å². The molecule has 24 heavy (non-hydrogen) atoms. The molecule has 4 nitrogen and oxygen atoms in total. The Morgan fingerprint density at radius 1 is 1.04 bits per heavy atom. The fourth-order valence-electron chi connectivity index (χ4n) is 2.51. The molecule has 0 bridgehead atoms. The first-order valence-corrected chi connectivity index (χ1v) is 8.45. The summed E-state index contributed by atoms with van der Waals surface area (Å²) < 4.78 is 1.90. The molecule has 0 unspecified atom stereocenters. The predicted molar refractivity (Wildman–Crippen MR) is 98.9 cm³/mol. The Morgan fingerprint density at radius 2 is 1.75 bits per heavy atom. The molecule has 0 radical (unpaired) electrons. The second-order valence-corrected chi connectivity index (χ2v) is 7.27. The standard InChI is InChI=1S/C19H21ClN4/c1-5-13-6-9-15(10-7-13)22-23-18-17(19(2,3)4)21-16-11-8-14(20)12-24(16)18/h6-12H,5H2,1-4H3. The smallest absolute Gasteiger partial charge is 0.183 e. The van der Waals surface area contributed by atoms with Crippen LogP contribution in [-0.2, 0) is 11.8 Å². The zero-order chi connectivity index (χ0) is 17.3. The number of azo groups is 1. The Labute approximate surface area is 147 Å². The van der Waals surface area contributed by atoms with Gasteiger partial charge in [-0.2, -0.15) is 0 Å². The van der Waals surface area contributed by atoms with Crippen LogP contribution >= 0.6 is 11.6 Å². The number of imidazole rings is 1. The highest BCUT2D eigenvalue weighted by atomic mass is 35.5. The van der Waals surface area contributed by atoms with Crippen LogP contribution in [0.15, 0.2) is 52.8 Å². The van der Waals surface area contributed by atoms with Crippen molar-refractivity contribution in [2.24, 2.45) is 10.2 Å². The van der Waals surface area contributed by atoms with E-state index in [4.69, 9.17) is 16.6 Å². The molecule has 3 aromatic rings. The fraction of sp³-hybridized carbons (Fsp3) is 0.316. The van der Waals surface area contributed by atoms with E-state index < -0.39 is 0 Å². The van der Waals surface area contributed by atoms with E-state index in [2.05, 4.69) is 50.1 Å². The normalized spacial score (nSPS) is 12.4. The highest BCUT2D eigenvalue weighted by Gasteiger charge is 2.24. The Hall–Kier alpha value is -2.20. The molecule has 0 fully saturated rings. The zero-order valence-electron chi connectivity index (χ0n) is 14.4. The summed E-state index contributed by atoms with van der Waals surface area (Å²) >= 11 is 6.14. The van der Waals surface area contributed by atoms with Gasteiger partial charge in [0.2, 0.25) is 0 Å². The van der Waals surface area contributed by atoms with Gasteiger partial charge in [-0.05, 0) is 36.2 Å². The molecule has 124 valence electrons. The molecule has 0 N–H and O–H groups in total. The van der Waals surface area contributed by atoms with Crippen molar-refractivity contribution in [3.05, 3.63) is 58.9 Å². The van der Waals surface area contributed by atoms with E-state index in [0.717, 1.165) is 29.3 Å². The predicted octanol–water partition coefficient (Wildman–Crippen LogP) is 6.26. The van der Waals surface area contributed by atoms with Crippen LogP contribution in [0.4, 0.5) is 11.5 Å². The molecule has 0 aliphatic carbocycles. The summed E-state index contributed by atoms with van der Waals surface area (Å²) in [5.41, 5.74) is 3.69. The molecule has 0 spiro atoms. The summed E-state index contributed by atoms with van der Waals surface area (Å²) in [4.78, 5) is 4.72. The van der Waals surface area contributed by atoms with Crippen molar-refractivity contribution in [1.82, 2.24) is 9.38 Å². The molecular formula is C19H21ClN4. The van der Waals surface area contributed by atoms with Crippen molar-refractivity contribution < 1.29 is 0 Å².